The van der Waals surface area contributed by atoms with Crippen molar-refractivity contribution in [3.05, 3.63) is 17.3 Å². The molecule has 0 aliphatic heterocycles. The van der Waals surface area contributed by atoms with E-state index in [1.165, 1.54) is 18.4 Å². The summed E-state index contributed by atoms with van der Waals surface area (Å²) in [5, 5.41) is 11.1. The number of aromatic nitrogens is 2. The van der Waals surface area contributed by atoms with Crippen molar-refractivity contribution in [3.63, 3.8) is 0 Å². The van der Waals surface area contributed by atoms with Gasteiger partial charge < -0.3 is 5.32 Å². The predicted octanol–water partition coefficient (Wildman–Crippen LogP) is 1.70. The van der Waals surface area contributed by atoms with Crippen LogP contribution in [0.2, 0.25) is 0 Å². The highest BCUT2D eigenvalue weighted by molar-refractivity contribution is 5.40. The van der Waals surface area contributed by atoms with E-state index in [9.17, 15) is 0 Å². The van der Waals surface area contributed by atoms with E-state index < -0.39 is 0 Å². The molecule has 0 amide bonds. The lowest BCUT2D eigenvalue weighted by molar-refractivity contribution is 0.930. The Hall–Kier alpha value is -1.12. The molecular formula is C9H13N3. The Bertz CT molecular complexity index is 292. The Balaban J connectivity index is 2.36. The van der Waals surface area contributed by atoms with Gasteiger partial charge in [0.15, 0.2) is 0 Å². The van der Waals surface area contributed by atoms with Gasteiger partial charge in [0, 0.05) is 7.05 Å². The van der Waals surface area contributed by atoms with E-state index in [1.807, 2.05) is 14.0 Å². The third-order valence-corrected chi connectivity index (χ3v) is 2.29. The third-order valence-electron chi connectivity index (χ3n) is 2.29. The average Bonchev–Trinajstić information content (AvgIpc) is 2.88. The van der Waals surface area contributed by atoms with E-state index in [4.69, 9.17) is 0 Å². The summed E-state index contributed by atoms with van der Waals surface area (Å²) in [4.78, 5) is 0. The number of hydrogen-bond donors (Lipinski definition) is 1. The third kappa shape index (κ3) is 1.26. The molecule has 1 N–H and O–H groups in total. The second kappa shape index (κ2) is 2.73. The monoisotopic (exact) mass is 163 g/mol. The van der Waals surface area contributed by atoms with E-state index in [0.29, 0.717) is 0 Å². The number of nitrogens with one attached hydrogen (secondary N) is 1. The SMILES string of the molecule is CNc1cc(C2CC2)c(C)nn1. The standard InChI is InChI=1S/C9H13N3/c1-6-8(7-3-4-7)5-9(10-2)12-11-6/h5,7H,3-4H2,1-2H3,(H,10,12). The second-order valence-electron chi connectivity index (χ2n) is 3.29. The van der Waals surface area contributed by atoms with Crippen LogP contribution in [0.1, 0.15) is 30.0 Å². The van der Waals surface area contributed by atoms with Gasteiger partial charge in [0.2, 0.25) is 0 Å². The molecule has 64 valence electrons. The first-order valence-corrected chi connectivity index (χ1v) is 4.33. The molecule has 3 nitrogen and oxygen atoms in total. The molecule has 1 aliphatic carbocycles. The van der Waals surface area contributed by atoms with Gasteiger partial charge in [0.1, 0.15) is 5.82 Å². The lowest BCUT2D eigenvalue weighted by atomic mass is 10.1. The molecule has 0 bridgehead atoms. The fraction of sp³-hybridized carbons (Fsp3) is 0.556. The molecule has 3 heteroatoms. The van der Waals surface area contributed by atoms with Gasteiger partial charge in [-0.1, -0.05) is 0 Å². The Morgan fingerprint density at radius 1 is 1.42 bits per heavy atom. The summed E-state index contributed by atoms with van der Waals surface area (Å²) < 4.78 is 0. The number of nitrogens with zero attached hydrogens (tertiary/aromatic N) is 2. The van der Waals surface area contributed by atoms with Gasteiger partial charge >= 0.3 is 0 Å². The van der Waals surface area contributed by atoms with Gasteiger partial charge in [-0.05, 0) is 37.3 Å². The molecule has 2 rings (SSSR count). The van der Waals surface area contributed by atoms with Crippen molar-refractivity contribution in [2.24, 2.45) is 0 Å². The smallest absolute Gasteiger partial charge is 0.148 e. The number of aryl methyl sites for hydroxylation is 1. The fourth-order valence-corrected chi connectivity index (χ4v) is 1.40. The molecule has 0 aromatic carbocycles. The average molecular weight is 163 g/mol. The summed E-state index contributed by atoms with van der Waals surface area (Å²) in [5.74, 6) is 1.63. The van der Waals surface area contributed by atoms with Crippen LogP contribution in [0, 0.1) is 6.92 Å². The zero-order valence-corrected chi connectivity index (χ0v) is 7.46. The minimum absolute atomic E-state index is 0.757. The van der Waals surface area contributed by atoms with Crippen molar-refractivity contribution in [1.29, 1.82) is 0 Å². The molecule has 0 saturated heterocycles. The highest BCUT2D eigenvalue weighted by Gasteiger charge is 2.26. The zero-order valence-electron chi connectivity index (χ0n) is 7.46. The topological polar surface area (TPSA) is 37.8 Å². The summed E-state index contributed by atoms with van der Waals surface area (Å²) in [6, 6.07) is 2.11. The first kappa shape index (κ1) is 7.53. The van der Waals surface area contributed by atoms with E-state index in [-0.39, 0.29) is 0 Å². The lowest BCUT2D eigenvalue weighted by Crippen LogP contribution is -1.99. The van der Waals surface area contributed by atoms with Crippen molar-refractivity contribution < 1.29 is 0 Å². The first-order valence-electron chi connectivity index (χ1n) is 4.33. The van der Waals surface area contributed by atoms with E-state index in [2.05, 4.69) is 21.6 Å². The minimum atomic E-state index is 0.757. The van der Waals surface area contributed by atoms with Crippen LogP contribution >= 0.6 is 0 Å². The molecule has 0 radical (unpaired) electrons. The summed E-state index contributed by atoms with van der Waals surface area (Å²) in [6.07, 6.45) is 2.63. The summed E-state index contributed by atoms with van der Waals surface area (Å²) in [5.41, 5.74) is 2.45. The highest BCUT2D eigenvalue weighted by Crippen LogP contribution is 2.41. The molecule has 1 fully saturated rings. The maximum Gasteiger partial charge on any atom is 0.148 e. The summed E-state index contributed by atoms with van der Waals surface area (Å²) in [7, 11) is 1.87. The summed E-state index contributed by atoms with van der Waals surface area (Å²) >= 11 is 0. The second-order valence-corrected chi connectivity index (χ2v) is 3.29. The minimum Gasteiger partial charge on any atom is -0.372 e. The molecule has 1 saturated carbocycles. The van der Waals surface area contributed by atoms with Crippen molar-refractivity contribution in [2.45, 2.75) is 25.7 Å². The van der Waals surface area contributed by atoms with Crippen LogP contribution < -0.4 is 5.32 Å². The van der Waals surface area contributed by atoms with E-state index in [1.54, 1.807) is 0 Å². The first-order chi connectivity index (χ1) is 5.81. The van der Waals surface area contributed by atoms with E-state index >= 15 is 0 Å². The number of hydrogen-bond acceptors (Lipinski definition) is 3. The van der Waals surface area contributed by atoms with Gasteiger partial charge in [-0.2, -0.15) is 5.10 Å². The quantitative estimate of drug-likeness (QED) is 0.721. The Kier molecular flexibility index (Phi) is 1.71. The van der Waals surface area contributed by atoms with Gasteiger partial charge in [-0.3, -0.25) is 0 Å². The van der Waals surface area contributed by atoms with Crippen molar-refractivity contribution in [2.75, 3.05) is 12.4 Å². The predicted molar refractivity (Wildman–Crippen MR) is 48.3 cm³/mol. The van der Waals surface area contributed by atoms with Gasteiger partial charge in [0.25, 0.3) is 0 Å². The normalized spacial score (nSPS) is 16.2. The van der Waals surface area contributed by atoms with Crippen LogP contribution in [0.5, 0.6) is 0 Å². The van der Waals surface area contributed by atoms with Gasteiger partial charge in [0.05, 0.1) is 5.69 Å². The fourth-order valence-electron chi connectivity index (χ4n) is 1.40. The molecule has 1 aromatic heterocycles. The van der Waals surface area contributed by atoms with Crippen molar-refractivity contribution in [3.8, 4) is 0 Å². The lowest BCUT2D eigenvalue weighted by Gasteiger charge is -2.04. The van der Waals surface area contributed by atoms with Crippen LogP contribution in [0.15, 0.2) is 6.07 Å². The molecule has 0 spiro atoms. The summed E-state index contributed by atoms with van der Waals surface area (Å²) in [6.45, 7) is 2.03. The molecule has 12 heavy (non-hydrogen) atoms. The van der Waals surface area contributed by atoms with Crippen LogP contribution in [0.4, 0.5) is 5.82 Å². The Labute approximate surface area is 72.2 Å². The van der Waals surface area contributed by atoms with Crippen LogP contribution in [0.25, 0.3) is 0 Å². The van der Waals surface area contributed by atoms with Gasteiger partial charge in [-0.15, -0.1) is 5.10 Å². The molecular weight excluding hydrogens is 150 g/mol. The van der Waals surface area contributed by atoms with Crippen LogP contribution in [0.3, 0.4) is 0 Å². The van der Waals surface area contributed by atoms with E-state index in [0.717, 1.165) is 17.4 Å². The van der Waals surface area contributed by atoms with Crippen LogP contribution in [-0.2, 0) is 0 Å². The number of anilines is 1. The maximum absolute atomic E-state index is 4.10. The van der Waals surface area contributed by atoms with Gasteiger partial charge in [-0.25, -0.2) is 0 Å². The zero-order chi connectivity index (χ0) is 8.55. The molecule has 0 atom stereocenters. The Morgan fingerprint density at radius 3 is 2.75 bits per heavy atom. The molecule has 1 aromatic rings. The molecule has 1 heterocycles. The maximum atomic E-state index is 4.10. The molecule has 0 unspecified atom stereocenters. The van der Waals surface area contributed by atoms with Crippen molar-refractivity contribution >= 4 is 5.82 Å². The van der Waals surface area contributed by atoms with Crippen molar-refractivity contribution in [1.82, 2.24) is 10.2 Å². The Morgan fingerprint density at radius 2 is 2.17 bits per heavy atom. The number of rotatable bonds is 2. The van der Waals surface area contributed by atoms with Crippen LogP contribution in [-0.4, -0.2) is 17.2 Å². The largest absolute Gasteiger partial charge is 0.372 e. The highest BCUT2D eigenvalue weighted by atomic mass is 15.2. The molecule has 1 aliphatic rings.